The molecule has 2 rings (SSSR count). The Morgan fingerprint density at radius 3 is 2.24 bits per heavy atom. The van der Waals surface area contributed by atoms with E-state index in [2.05, 4.69) is 5.32 Å². The lowest BCUT2D eigenvalue weighted by atomic mass is 9.88. The van der Waals surface area contributed by atoms with Gasteiger partial charge in [-0.25, -0.2) is 4.79 Å². The summed E-state index contributed by atoms with van der Waals surface area (Å²) in [4.78, 5) is 12.7. The maximum atomic E-state index is 13.2. The van der Waals surface area contributed by atoms with E-state index in [0.29, 0.717) is 5.57 Å². The number of rotatable bonds is 10. The van der Waals surface area contributed by atoms with Gasteiger partial charge < -0.3 is 14.8 Å². The summed E-state index contributed by atoms with van der Waals surface area (Å²) < 4.78 is 43.8. The molecule has 1 aliphatic carbocycles. The van der Waals surface area contributed by atoms with Crippen LogP contribution in [-0.4, -0.2) is 50.9 Å². The van der Waals surface area contributed by atoms with Crippen molar-refractivity contribution >= 4 is 16.1 Å². The topological polar surface area (TPSA) is 90.9 Å². The van der Waals surface area contributed by atoms with Gasteiger partial charge in [-0.05, 0) is 72.1 Å². The zero-order valence-electron chi connectivity index (χ0n) is 20.9. The van der Waals surface area contributed by atoms with Crippen molar-refractivity contribution in [3.8, 4) is 0 Å². The van der Waals surface area contributed by atoms with Gasteiger partial charge in [0.15, 0.2) is 0 Å². The van der Waals surface area contributed by atoms with Crippen LogP contribution in [0.5, 0.6) is 0 Å². The molecule has 1 aliphatic rings. The predicted molar refractivity (Wildman–Crippen MR) is 128 cm³/mol. The first kappa shape index (κ1) is 27.5. The Morgan fingerprint density at radius 2 is 1.73 bits per heavy atom. The van der Waals surface area contributed by atoms with Gasteiger partial charge in [0, 0.05) is 17.2 Å². The molecule has 1 N–H and O–H groups in total. The summed E-state index contributed by atoms with van der Waals surface area (Å²) in [5.41, 5.74) is 1.06. The zero-order chi connectivity index (χ0) is 24.8. The maximum absolute atomic E-state index is 13.2. The molecule has 33 heavy (non-hydrogen) atoms. The largest absolute Gasteiger partial charge is 0.463 e. The summed E-state index contributed by atoms with van der Waals surface area (Å²) >= 11 is 0. The number of benzene rings is 1. The van der Waals surface area contributed by atoms with Crippen LogP contribution in [0.1, 0.15) is 66.4 Å². The van der Waals surface area contributed by atoms with Crippen LogP contribution in [0.25, 0.3) is 0 Å². The second-order valence-corrected chi connectivity index (χ2v) is 11.1. The minimum absolute atomic E-state index is 0.0871. The highest BCUT2D eigenvalue weighted by atomic mass is 32.2. The molecule has 0 fully saturated rings. The van der Waals surface area contributed by atoms with Crippen LogP contribution in [-0.2, 0) is 28.6 Å². The molecule has 0 aliphatic heterocycles. The Labute approximate surface area is 199 Å². The van der Waals surface area contributed by atoms with Crippen LogP contribution >= 0.6 is 0 Å². The molecule has 0 saturated heterocycles. The Balaban J connectivity index is 2.49. The second kappa shape index (κ2) is 11.6. The molecule has 0 radical (unpaired) electrons. The van der Waals surface area contributed by atoms with Crippen molar-refractivity contribution in [2.24, 2.45) is 0 Å². The molecule has 1 aromatic rings. The zero-order valence-corrected chi connectivity index (χ0v) is 21.7. The molecule has 1 aromatic carbocycles. The van der Waals surface area contributed by atoms with Gasteiger partial charge in [-0.2, -0.15) is 8.42 Å². The first-order valence-corrected chi connectivity index (χ1v) is 13.1. The summed E-state index contributed by atoms with van der Waals surface area (Å²) in [6.45, 7) is 13.9. The number of hydrogen-bond acceptors (Lipinski definition) is 7. The minimum atomic E-state index is -4.06. The van der Waals surface area contributed by atoms with Crippen molar-refractivity contribution in [3.63, 3.8) is 0 Å². The lowest BCUT2D eigenvalue weighted by Crippen LogP contribution is -2.57. The number of ether oxygens (including phenoxy) is 2. The highest BCUT2D eigenvalue weighted by molar-refractivity contribution is 7.86. The molecule has 0 aromatic heterocycles. The molecule has 0 unspecified atom stereocenters. The monoisotopic (exact) mass is 481 g/mol. The molecular formula is C25H39NO6S. The Morgan fingerprint density at radius 1 is 1.12 bits per heavy atom. The summed E-state index contributed by atoms with van der Waals surface area (Å²) in [5.74, 6) is -0.420. The molecular weight excluding hydrogens is 442 g/mol. The predicted octanol–water partition coefficient (Wildman–Crippen LogP) is 4.29. The van der Waals surface area contributed by atoms with E-state index in [-0.39, 0.29) is 29.6 Å². The van der Waals surface area contributed by atoms with Crippen LogP contribution in [0.15, 0.2) is 40.8 Å². The Hall–Kier alpha value is -1.74. The van der Waals surface area contributed by atoms with E-state index >= 15 is 0 Å². The highest BCUT2D eigenvalue weighted by Gasteiger charge is 2.42. The van der Waals surface area contributed by atoms with Crippen LogP contribution in [0.4, 0.5) is 0 Å². The van der Waals surface area contributed by atoms with E-state index in [1.807, 2.05) is 41.5 Å². The SMILES string of the molecule is CCOC(=O)C1=C[C@@H](OC(CC)CC)[C@@H](OS(=O)(=O)c2ccc(C)cc2)[C@H](NC(C)(C)C)C1. The quantitative estimate of drug-likeness (QED) is 0.394. The third-order valence-electron chi connectivity index (χ3n) is 5.49. The molecule has 7 nitrogen and oxygen atoms in total. The van der Waals surface area contributed by atoms with E-state index in [4.69, 9.17) is 13.7 Å². The third kappa shape index (κ3) is 7.91. The number of carbonyl (C=O) groups excluding carboxylic acids is 1. The molecule has 0 heterocycles. The maximum Gasteiger partial charge on any atom is 0.333 e. The van der Waals surface area contributed by atoms with Crippen LogP contribution < -0.4 is 5.32 Å². The summed E-state index contributed by atoms with van der Waals surface area (Å²) in [6, 6.07) is 6.07. The summed E-state index contributed by atoms with van der Waals surface area (Å²) in [5, 5.41) is 3.44. The molecule has 3 atom stereocenters. The standard InChI is InChI=1S/C25H39NO6S/c1-8-19(9-2)31-22-16-18(24(27)30-10-3)15-21(26-25(5,6)7)23(22)32-33(28,29)20-13-11-17(4)12-14-20/h11-14,16,19,21-23,26H,8-10,15H2,1-7H3/t21-,22-,23+/m1/s1. The average molecular weight is 482 g/mol. The van der Waals surface area contributed by atoms with Crippen molar-refractivity contribution < 1.29 is 26.9 Å². The van der Waals surface area contributed by atoms with E-state index < -0.39 is 34.3 Å². The van der Waals surface area contributed by atoms with Crippen LogP contribution in [0.3, 0.4) is 0 Å². The number of aryl methyl sites for hydroxylation is 1. The third-order valence-corrected chi connectivity index (χ3v) is 6.81. The molecule has 0 bridgehead atoms. The van der Waals surface area contributed by atoms with Gasteiger partial charge in [-0.15, -0.1) is 0 Å². The smallest absolute Gasteiger partial charge is 0.333 e. The van der Waals surface area contributed by atoms with E-state index in [1.54, 1.807) is 25.1 Å². The Bertz CT molecular complexity index is 913. The van der Waals surface area contributed by atoms with Gasteiger partial charge >= 0.3 is 5.97 Å². The first-order chi connectivity index (χ1) is 15.4. The molecule has 0 amide bonds. The fraction of sp³-hybridized carbons (Fsp3) is 0.640. The lowest BCUT2D eigenvalue weighted by Gasteiger charge is -2.40. The van der Waals surface area contributed by atoms with Gasteiger partial charge in [0.05, 0.1) is 17.6 Å². The second-order valence-electron chi connectivity index (χ2n) is 9.48. The summed E-state index contributed by atoms with van der Waals surface area (Å²) in [6.07, 6.45) is 1.77. The van der Waals surface area contributed by atoms with Gasteiger partial charge in [-0.3, -0.25) is 4.18 Å². The molecule has 0 saturated carbocycles. The minimum Gasteiger partial charge on any atom is -0.463 e. The summed E-state index contributed by atoms with van der Waals surface area (Å²) in [7, 11) is -4.06. The molecule has 8 heteroatoms. The molecule has 186 valence electrons. The van der Waals surface area contributed by atoms with E-state index in [9.17, 15) is 13.2 Å². The van der Waals surface area contributed by atoms with E-state index in [1.165, 1.54) is 12.1 Å². The Kier molecular flexibility index (Phi) is 9.67. The van der Waals surface area contributed by atoms with Crippen LogP contribution in [0, 0.1) is 6.92 Å². The van der Waals surface area contributed by atoms with Crippen molar-refractivity contribution in [2.75, 3.05) is 6.61 Å². The number of nitrogens with one attached hydrogen (secondary N) is 1. The van der Waals surface area contributed by atoms with E-state index in [0.717, 1.165) is 18.4 Å². The van der Waals surface area contributed by atoms with Crippen molar-refractivity contribution in [1.29, 1.82) is 0 Å². The fourth-order valence-electron chi connectivity index (χ4n) is 3.86. The van der Waals surface area contributed by atoms with Crippen molar-refractivity contribution in [2.45, 2.75) is 103 Å². The average Bonchev–Trinajstić information content (AvgIpc) is 2.73. The normalized spacial score (nSPS) is 21.7. The highest BCUT2D eigenvalue weighted by Crippen LogP contribution is 2.30. The van der Waals surface area contributed by atoms with Gasteiger partial charge in [0.2, 0.25) is 0 Å². The number of carbonyl (C=O) groups is 1. The lowest BCUT2D eigenvalue weighted by molar-refractivity contribution is -0.139. The van der Waals surface area contributed by atoms with Crippen LogP contribution in [0.2, 0.25) is 0 Å². The van der Waals surface area contributed by atoms with Crippen molar-refractivity contribution in [1.82, 2.24) is 5.32 Å². The van der Waals surface area contributed by atoms with Gasteiger partial charge in [0.1, 0.15) is 12.2 Å². The van der Waals surface area contributed by atoms with Gasteiger partial charge in [0.25, 0.3) is 10.1 Å². The first-order valence-electron chi connectivity index (χ1n) is 11.7. The van der Waals surface area contributed by atoms with Crippen molar-refractivity contribution in [3.05, 3.63) is 41.5 Å². The number of esters is 1. The fourth-order valence-corrected chi connectivity index (χ4v) is 4.97. The molecule has 0 spiro atoms. The van der Waals surface area contributed by atoms with Gasteiger partial charge in [-0.1, -0.05) is 31.5 Å². The number of hydrogen-bond donors (Lipinski definition) is 1.